The Balaban J connectivity index is 1.19. The number of para-hydroxylation sites is 2. The maximum Gasteiger partial charge on any atom is 0.259 e. The zero-order chi connectivity index (χ0) is 47.4. The highest BCUT2D eigenvalue weighted by molar-refractivity contribution is 7.00. The summed E-state index contributed by atoms with van der Waals surface area (Å²) in [4.78, 5) is 2.52. The lowest BCUT2D eigenvalue weighted by Crippen LogP contribution is -2.60. The molecule has 0 bridgehead atoms. The Morgan fingerprint density at radius 1 is 0.493 bits per heavy atom. The van der Waals surface area contributed by atoms with E-state index >= 15 is 0 Å². The molecule has 0 fully saturated rings. The van der Waals surface area contributed by atoms with E-state index in [0.717, 1.165) is 34.1 Å². The minimum Gasteiger partial charge on any atom is -0.458 e. The van der Waals surface area contributed by atoms with Gasteiger partial charge in [-0.25, -0.2) is 0 Å². The van der Waals surface area contributed by atoms with E-state index in [1.54, 1.807) is 0 Å². The number of nitrogens with zero attached hydrogens (tertiary/aromatic N) is 3. The molecule has 0 saturated carbocycles. The van der Waals surface area contributed by atoms with Gasteiger partial charge in [0.1, 0.15) is 11.5 Å². The first kappa shape index (κ1) is 41.7. The maximum absolute atomic E-state index is 7.71. The first-order valence-electron chi connectivity index (χ1n) is 24.6. The van der Waals surface area contributed by atoms with Crippen LogP contribution >= 0.6 is 0 Å². The van der Waals surface area contributed by atoms with Crippen LogP contribution in [-0.4, -0.2) is 15.8 Å². The molecule has 0 amide bonds. The number of ether oxygens (including phenoxy) is 1. The van der Waals surface area contributed by atoms with Gasteiger partial charge in [0.25, 0.3) is 6.71 Å². The topological polar surface area (TPSA) is 22.3 Å². The lowest BCUT2D eigenvalue weighted by atomic mass is 9.33. The molecule has 69 heavy (non-hydrogen) atoms. The highest BCUT2D eigenvalue weighted by Gasteiger charge is 2.45. The van der Waals surface area contributed by atoms with Crippen LogP contribution in [-0.2, 0) is 17.9 Å². The summed E-state index contributed by atoms with van der Waals surface area (Å²) in [6.45, 7) is 20.5. The van der Waals surface area contributed by atoms with Gasteiger partial charge < -0.3 is 18.8 Å². The van der Waals surface area contributed by atoms with Crippen molar-refractivity contribution in [2.24, 2.45) is 7.05 Å². The summed E-state index contributed by atoms with van der Waals surface area (Å²) in [5, 5.41) is 7.39. The van der Waals surface area contributed by atoms with Crippen molar-refractivity contribution in [1.82, 2.24) is 9.13 Å². The molecule has 0 atom stereocenters. The Bertz CT molecular complexity index is 3980. The zero-order valence-electron chi connectivity index (χ0n) is 41.3. The van der Waals surface area contributed by atoms with Crippen LogP contribution in [0.1, 0.15) is 69.4 Å². The van der Waals surface area contributed by atoms with E-state index in [1.165, 1.54) is 110 Å². The predicted octanol–water partition coefficient (Wildman–Crippen LogP) is 15.2. The lowest BCUT2D eigenvalue weighted by molar-refractivity contribution is 0.488. The van der Waals surface area contributed by atoms with E-state index in [1.807, 2.05) is 0 Å². The maximum atomic E-state index is 7.71. The highest BCUT2D eigenvalue weighted by atomic mass is 16.5. The largest absolute Gasteiger partial charge is 0.458 e. The number of fused-ring (bicyclic) bond motifs is 13. The molecule has 0 N–H and O–H groups in total. The second-order valence-corrected chi connectivity index (χ2v) is 22.0. The summed E-state index contributed by atoms with van der Waals surface area (Å²) in [7, 11) is 2.26. The van der Waals surface area contributed by atoms with Crippen LogP contribution in [0.5, 0.6) is 11.5 Å². The molecule has 4 heterocycles. The normalized spacial score (nSPS) is 13.4. The van der Waals surface area contributed by atoms with E-state index in [4.69, 9.17) is 4.74 Å². The van der Waals surface area contributed by atoms with Crippen LogP contribution in [0.25, 0.3) is 71.2 Å². The highest BCUT2D eigenvalue weighted by Crippen LogP contribution is 2.48. The number of aromatic nitrogens is 2. The molecular weight excluding hydrogens is 838 g/mol. The smallest absolute Gasteiger partial charge is 0.259 e. The minimum atomic E-state index is -0.131. The standard InChI is InChI=1S/C64H56BN3O/c1-37-31-38(2)57(39(3)32-37)41-33-54-59-55(34-41)69-56-36-53(68-51-22-16-13-19-46(51)47-29-23-40-17-11-12-18-45(40)61(47)68)58-48-20-14-15-21-50(48)66(10)62(58)60(56)65(59)49-35-43(64(7,8)9)26-30-52(49)67(54)44-27-24-42(25-28-44)63(4,5)6/h11-36H,1-10H3. The van der Waals surface area contributed by atoms with Crippen molar-refractivity contribution in [2.45, 2.75) is 73.1 Å². The van der Waals surface area contributed by atoms with E-state index in [2.05, 4.69) is 241 Å². The van der Waals surface area contributed by atoms with Crippen molar-refractivity contribution in [3.63, 3.8) is 0 Å². The van der Waals surface area contributed by atoms with Gasteiger partial charge in [0.05, 0.1) is 16.7 Å². The molecule has 2 aliphatic rings. The molecule has 9 aromatic carbocycles. The molecule has 0 radical (unpaired) electrons. The van der Waals surface area contributed by atoms with Gasteiger partial charge >= 0.3 is 0 Å². The molecule has 0 saturated heterocycles. The number of anilines is 3. The molecule has 0 spiro atoms. The summed E-state index contributed by atoms with van der Waals surface area (Å²) < 4.78 is 12.7. The van der Waals surface area contributed by atoms with Gasteiger partial charge in [0.15, 0.2) is 0 Å². The Labute approximate surface area is 405 Å². The zero-order valence-corrected chi connectivity index (χ0v) is 41.3. The van der Waals surface area contributed by atoms with E-state index < -0.39 is 0 Å². The van der Waals surface area contributed by atoms with Gasteiger partial charge in [-0.1, -0.05) is 156 Å². The average Bonchev–Trinajstić information content (AvgIpc) is 3.82. The molecule has 2 aliphatic heterocycles. The molecule has 4 nitrogen and oxygen atoms in total. The number of hydrogen-bond acceptors (Lipinski definition) is 2. The fourth-order valence-corrected chi connectivity index (χ4v) is 12.4. The van der Waals surface area contributed by atoms with Gasteiger partial charge in [-0.2, -0.15) is 0 Å². The second kappa shape index (κ2) is 14.5. The van der Waals surface area contributed by atoms with Crippen LogP contribution in [0.15, 0.2) is 158 Å². The number of aryl methyl sites for hydroxylation is 4. The molecule has 0 unspecified atom stereocenters. The van der Waals surface area contributed by atoms with E-state index in [-0.39, 0.29) is 17.5 Å². The Hall–Kier alpha value is -7.50. The van der Waals surface area contributed by atoms with Crippen molar-refractivity contribution in [3.8, 4) is 28.3 Å². The minimum absolute atomic E-state index is 0.0251. The average molecular weight is 894 g/mol. The van der Waals surface area contributed by atoms with Crippen LogP contribution in [0, 0.1) is 20.8 Å². The first-order valence-corrected chi connectivity index (χ1v) is 24.6. The van der Waals surface area contributed by atoms with Crippen molar-refractivity contribution in [2.75, 3.05) is 4.90 Å². The third-order valence-electron chi connectivity index (χ3n) is 15.5. The van der Waals surface area contributed by atoms with E-state index in [0.29, 0.717) is 0 Å². The van der Waals surface area contributed by atoms with Crippen molar-refractivity contribution >= 4 is 94.5 Å². The quantitative estimate of drug-likeness (QED) is 0.165. The van der Waals surface area contributed by atoms with Gasteiger partial charge in [-0.3, -0.25) is 0 Å². The lowest BCUT2D eigenvalue weighted by Gasteiger charge is -2.41. The Morgan fingerprint density at radius 2 is 1.13 bits per heavy atom. The molecule has 2 aromatic heterocycles. The third-order valence-corrected chi connectivity index (χ3v) is 15.5. The van der Waals surface area contributed by atoms with Gasteiger partial charge in [0.2, 0.25) is 0 Å². The first-order chi connectivity index (χ1) is 33.2. The van der Waals surface area contributed by atoms with Crippen molar-refractivity contribution < 1.29 is 4.74 Å². The number of benzene rings is 9. The monoisotopic (exact) mass is 893 g/mol. The van der Waals surface area contributed by atoms with Crippen molar-refractivity contribution in [1.29, 1.82) is 0 Å². The second-order valence-electron chi connectivity index (χ2n) is 22.0. The Kier molecular flexibility index (Phi) is 8.76. The van der Waals surface area contributed by atoms with Crippen LogP contribution in [0.3, 0.4) is 0 Å². The Morgan fingerprint density at radius 3 is 1.86 bits per heavy atom. The van der Waals surface area contributed by atoms with Crippen LogP contribution in [0.4, 0.5) is 17.1 Å². The summed E-state index contributed by atoms with van der Waals surface area (Å²) in [6, 6.07) is 59.7. The van der Waals surface area contributed by atoms with E-state index in [9.17, 15) is 0 Å². The molecule has 13 rings (SSSR count). The SMILES string of the molecule is Cc1cc(C)c(-c2cc3c4c(c2)N(c2ccc(C(C)(C)C)cc2)c2ccc(C(C)(C)C)cc2B4c2c(cc(-n4c5ccccc5c5ccc6ccccc6c54)c4c5ccccc5n(C)c24)O3)c(C)c1. The van der Waals surface area contributed by atoms with Gasteiger partial charge in [0, 0.05) is 68.1 Å². The third kappa shape index (κ3) is 6.02. The van der Waals surface area contributed by atoms with Crippen molar-refractivity contribution in [3.05, 3.63) is 186 Å². The molecular formula is C64H56BN3O. The molecule has 11 aromatic rings. The fraction of sp³-hybridized carbons (Fsp3) is 0.188. The number of rotatable bonds is 3. The van der Waals surface area contributed by atoms with Crippen LogP contribution < -0.4 is 26.0 Å². The summed E-state index contributed by atoms with van der Waals surface area (Å²) in [6.07, 6.45) is 0. The summed E-state index contributed by atoms with van der Waals surface area (Å²) >= 11 is 0. The summed E-state index contributed by atoms with van der Waals surface area (Å²) in [5.74, 6) is 1.79. The van der Waals surface area contributed by atoms with Gasteiger partial charge in [-0.15, -0.1) is 0 Å². The molecule has 5 heteroatoms. The molecule has 0 aliphatic carbocycles. The summed E-state index contributed by atoms with van der Waals surface area (Å²) in [5.41, 5.74) is 21.9. The van der Waals surface area contributed by atoms with Crippen LogP contribution in [0.2, 0.25) is 0 Å². The predicted molar refractivity (Wildman–Crippen MR) is 295 cm³/mol. The number of hydrogen-bond donors (Lipinski definition) is 0. The van der Waals surface area contributed by atoms with Gasteiger partial charge in [-0.05, 0) is 129 Å². The fourth-order valence-electron chi connectivity index (χ4n) is 12.4. The molecule has 336 valence electrons.